The van der Waals surface area contributed by atoms with Crippen molar-refractivity contribution in [3.63, 3.8) is 0 Å². The summed E-state index contributed by atoms with van der Waals surface area (Å²) in [6.07, 6.45) is -6.05. The SMILES string of the molecule is CC(=O)Nc1ccn([C@@H]2O[C@H]([C@H](C)OC(C)=O)[C@@H](OC(C)=O)C2(F)F)c(=O)n1. The molecule has 28 heavy (non-hydrogen) atoms. The molecule has 0 radical (unpaired) electrons. The number of ether oxygens (including phenoxy) is 3. The van der Waals surface area contributed by atoms with Gasteiger partial charge in [-0.05, 0) is 13.0 Å². The molecule has 0 bridgehead atoms. The number of aromatic nitrogens is 2. The van der Waals surface area contributed by atoms with Crippen molar-refractivity contribution in [1.82, 2.24) is 9.55 Å². The van der Waals surface area contributed by atoms with E-state index in [9.17, 15) is 28.0 Å². The highest BCUT2D eigenvalue weighted by Crippen LogP contribution is 2.45. The van der Waals surface area contributed by atoms with Crippen LogP contribution in [0.15, 0.2) is 17.1 Å². The number of alkyl halides is 2. The van der Waals surface area contributed by atoms with Gasteiger partial charge >= 0.3 is 23.6 Å². The van der Waals surface area contributed by atoms with E-state index in [0.29, 0.717) is 4.57 Å². The molecule has 1 aromatic heterocycles. The summed E-state index contributed by atoms with van der Waals surface area (Å²) in [6, 6.07) is 1.13. The smallest absolute Gasteiger partial charge is 0.351 e. The number of carbonyl (C=O) groups excluding carboxylic acids is 3. The zero-order valence-electron chi connectivity index (χ0n) is 15.5. The van der Waals surface area contributed by atoms with Crippen LogP contribution >= 0.6 is 0 Å². The van der Waals surface area contributed by atoms with Gasteiger partial charge in [0.15, 0.2) is 6.10 Å². The van der Waals surface area contributed by atoms with Crippen molar-refractivity contribution in [3.8, 4) is 0 Å². The van der Waals surface area contributed by atoms with E-state index in [1.807, 2.05) is 0 Å². The minimum Gasteiger partial charge on any atom is -0.460 e. The van der Waals surface area contributed by atoms with Gasteiger partial charge in [-0.15, -0.1) is 0 Å². The van der Waals surface area contributed by atoms with Crippen molar-refractivity contribution >= 4 is 23.7 Å². The van der Waals surface area contributed by atoms with Gasteiger partial charge in [-0.1, -0.05) is 0 Å². The molecule has 4 atom stereocenters. The number of halogens is 2. The summed E-state index contributed by atoms with van der Waals surface area (Å²) in [4.78, 5) is 49.2. The van der Waals surface area contributed by atoms with E-state index < -0.39 is 54.0 Å². The standard InChI is InChI=1S/C16H19F2N3O7/c1-7(26-9(3)23)12-13(27-10(4)24)16(17,18)14(28-12)21-6-5-11(19-8(2)22)20-15(21)25/h5-7,12-14H,1-4H3,(H,19,20,22,25)/t7-,12+,13+,14+/m0/s1. The van der Waals surface area contributed by atoms with E-state index in [-0.39, 0.29) is 5.82 Å². The van der Waals surface area contributed by atoms with Crippen molar-refractivity contribution in [2.45, 2.75) is 58.2 Å². The summed E-state index contributed by atoms with van der Waals surface area (Å²) in [7, 11) is 0. The molecule has 154 valence electrons. The van der Waals surface area contributed by atoms with Crippen LogP contribution in [-0.4, -0.2) is 51.6 Å². The summed E-state index contributed by atoms with van der Waals surface area (Å²) < 4.78 is 45.3. The van der Waals surface area contributed by atoms with Gasteiger partial charge in [-0.3, -0.25) is 19.0 Å². The molecule has 1 fully saturated rings. The monoisotopic (exact) mass is 403 g/mol. The molecular weight excluding hydrogens is 384 g/mol. The number of esters is 2. The molecule has 0 spiro atoms. The van der Waals surface area contributed by atoms with E-state index in [2.05, 4.69) is 10.3 Å². The number of amides is 1. The van der Waals surface area contributed by atoms with Crippen LogP contribution < -0.4 is 11.0 Å². The fourth-order valence-corrected chi connectivity index (χ4v) is 2.77. The number of carbonyl (C=O) groups is 3. The van der Waals surface area contributed by atoms with Crippen LogP contribution in [-0.2, 0) is 28.6 Å². The fraction of sp³-hybridized carbons (Fsp3) is 0.562. The lowest BCUT2D eigenvalue weighted by Crippen LogP contribution is -2.46. The van der Waals surface area contributed by atoms with Crippen molar-refractivity contribution in [1.29, 1.82) is 0 Å². The summed E-state index contributed by atoms with van der Waals surface area (Å²) >= 11 is 0. The second-order valence-electron chi connectivity index (χ2n) is 6.16. The Balaban J connectivity index is 2.41. The van der Waals surface area contributed by atoms with Gasteiger partial charge in [0.1, 0.15) is 18.0 Å². The van der Waals surface area contributed by atoms with Crippen molar-refractivity contribution in [3.05, 3.63) is 22.7 Å². The third-order valence-corrected chi connectivity index (χ3v) is 3.79. The first kappa shape index (κ1) is 21.4. The molecule has 0 unspecified atom stereocenters. The molecule has 1 aliphatic rings. The lowest BCUT2D eigenvalue weighted by molar-refractivity contribution is -0.176. The summed E-state index contributed by atoms with van der Waals surface area (Å²) in [6.45, 7) is 4.50. The predicted octanol–water partition coefficient (Wildman–Crippen LogP) is 0.618. The minimum atomic E-state index is -3.84. The molecule has 1 aromatic rings. The van der Waals surface area contributed by atoms with Gasteiger partial charge < -0.3 is 19.5 Å². The zero-order chi connectivity index (χ0) is 21.2. The third kappa shape index (κ3) is 4.50. The predicted molar refractivity (Wildman–Crippen MR) is 88.4 cm³/mol. The van der Waals surface area contributed by atoms with Crippen LogP contribution in [0.4, 0.5) is 14.6 Å². The van der Waals surface area contributed by atoms with E-state index in [1.54, 1.807) is 0 Å². The van der Waals surface area contributed by atoms with Crippen LogP contribution in [0.5, 0.6) is 0 Å². The molecule has 0 saturated carbocycles. The number of nitrogens with zero attached hydrogens (tertiary/aromatic N) is 2. The van der Waals surface area contributed by atoms with Gasteiger partial charge in [-0.25, -0.2) is 4.79 Å². The molecule has 1 amide bonds. The highest BCUT2D eigenvalue weighted by molar-refractivity contribution is 5.87. The van der Waals surface area contributed by atoms with Crippen LogP contribution in [0.25, 0.3) is 0 Å². The van der Waals surface area contributed by atoms with Crippen LogP contribution in [0, 0.1) is 0 Å². The second-order valence-corrected chi connectivity index (χ2v) is 6.16. The number of hydrogen-bond donors (Lipinski definition) is 1. The van der Waals surface area contributed by atoms with Gasteiger partial charge in [0.05, 0.1) is 0 Å². The molecule has 1 aliphatic heterocycles. The van der Waals surface area contributed by atoms with Gasteiger partial charge in [-0.2, -0.15) is 13.8 Å². The third-order valence-electron chi connectivity index (χ3n) is 3.79. The molecule has 0 aliphatic carbocycles. The zero-order valence-corrected chi connectivity index (χ0v) is 15.5. The molecule has 1 saturated heterocycles. The van der Waals surface area contributed by atoms with Crippen LogP contribution in [0.1, 0.15) is 33.9 Å². The quantitative estimate of drug-likeness (QED) is 0.709. The minimum absolute atomic E-state index is 0.128. The van der Waals surface area contributed by atoms with Crippen molar-refractivity contribution in [2.24, 2.45) is 0 Å². The highest BCUT2D eigenvalue weighted by Gasteiger charge is 2.64. The van der Waals surface area contributed by atoms with E-state index in [4.69, 9.17) is 14.2 Å². The largest absolute Gasteiger partial charge is 0.460 e. The molecule has 1 N–H and O–H groups in total. The fourth-order valence-electron chi connectivity index (χ4n) is 2.77. The highest BCUT2D eigenvalue weighted by atomic mass is 19.3. The molecule has 10 nitrogen and oxygen atoms in total. The molecule has 0 aromatic carbocycles. The van der Waals surface area contributed by atoms with Crippen molar-refractivity contribution < 1.29 is 37.4 Å². The van der Waals surface area contributed by atoms with Gasteiger partial charge in [0, 0.05) is 27.0 Å². The lowest BCUT2D eigenvalue weighted by atomic mass is 10.1. The second kappa shape index (κ2) is 8.00. The Morgan fingerprint density at radius 3 is 2.43 bits per heavy atom. The first-order valence-corrected chi connectivity index (χ1v) is 8.18. The maximum atomic E-state index is 15.0. The lowest BCUT2D eigenvalue weighted by Gasteiger charge is -2.25. The topological polar surface area (TPSA) is 126 Å². The summed E-state index contributed by atoms with van der Waals surface area (Å²) in [5, 5.41) is 2.25. The summed E-state index contributed by atoms with van der Waals surface area (Å²) in [5.41, 5.74) is -1.13. The molecule has 2 rings (SSSR count). The normalized spacial score (nSPS) is 24.3. The number of anilines is 1. The van der Waals surface area contributed by atoms with E-state index in [1.165, 1.54) is 13.8 Å². The average Bonchev–Trinajstić information content (AvgIpc) is 2.77. The Kier molecular flexibility index (Phi) is 6.12. The van der Waals surface area contributed by atoms with Gasteiger partial charge in [0.2, 0.25) is 12.1 Å². The Hall–Kier alpha value is -2.89. The average molecular weight is 403 g/mol. The first-order valence-electron chi connectivity index (χ1n) is 8.18. The molecule has 12 heteroatoms. The van der Waals surface area contributed by atoms with E-state index >= 15 is 0 Å². The van der Waals surface area contributed by atoms with Gasteiger partial charge in [0.25, 0.3) is 0 Å². The summed E-state index contributed by atoms with van der Waals surface area (Å²) in [5.74, 6) is -6.22. The molecular formula is C16H19F2N3O7. The number of nitrogens with one attached hydrogen (secondary N) is 1. The Bertz CT molecular complexity index is 842. The Morgan fingerprint density at radius 1 is 1.29 bits per heavy atom. The number of hydrogen-bond acceptors (Lipinski definition) is 8. The number of rotatable bonds is 5. The maximum absolute atomic E-state index is 15.0. The maximum Gasteiger partial charge on any atom is 0.351 e. The Labute approximate surface area is 157 Å². The Morgan fingerprint density at radius 2 is 1.93 bits per heavy atom. The molecule has 2 heterocycles. The first-order chi connectivity index (χ1) is 12.9. The van der Waals surface area contributed by atoms with Crippen LogP contribution in [0.3, 0.4) is 0 Å². The van der Waals surface area contributed by atoms with Crippen molar-refractivity contribution in [2.75, 3.05) is 5.32 Å². The van der Waals surface area contributed by atoms with Crippen LogP contribution in [0.2, 0.25) is 0 Å². The van der Waals surface area contributed by atoms with E-state index in [0.717, 1.165) is 26.1 Å².